The highest BCUT2D eigenvalue weighted by atomic mass is 19.4. The summed E-state index contributed by atoms with van der Waals surface area (Å²) in [5.74, 6) is -1.68. The highest BCUT2D eigenvalue weighted by Gasteiger charge is 2.48. The highest BCUT2D eigenvalue weighted by Crippen LogP contribution is 2.48. The standard InChI is InChI=1S/C10H15F3N2O/c11-10(12,13)8(16)15-5-7-4-14-6-9(7)2-1-3-9/h7,14H,1-6H2,(H,15,16). The second-order valence-corrected chi connectivity index (χ2v) is 4.75. The first-order valence-corrected chi connectivity index (χ1v) is 5.50. The molecule has 3 nitrogen and oxygen atoms in total. The largest absolute Gasteiger partial charge is 0.471 e. The van der Waals surface area contributed by atoms with E-state index in [1.807, 2.05) is 5.32 Å². The van der Waals surface area contributed by atoms with Crippen molar-refractivity contribution in [2.24, 2.45) is 11.3 Å². The van der Waals surface area contributed by atoms with E-state index in [2.05, 4.69) is 5.32 Å². The number of nitrogens with one attached hydrogen (secondary N) is 2. The predicted octanol–water partition coefficient (Wildman–Crippen LogP) is 1.05. The summed E-state index contributed by atoms with van der Waals surface area (Å²) in [6.45, 7) is 1.71. The molecule has 2 aliphatic rings. The van der Waals surface area contributed by atoms with E-state index in [1.165, 1.54) is 0 Å². The Kier molecular flexibility index (Phi) is 2.86. The van der Waals surface area contributed by atoms with Crippen molar-refractivity contribution in [3.63, 3.8) is 0 Å². The molecule has 2 fully saturated rings. The minimum absolute atomic E-state index is 0.130. The molecule has 1 saturated carbocycles. The smallest absolute Gasteiger partial charge is 0.348 e. The molecule has 1 spiro atoms. The first-order chi connectivity index (χ1) is 7.44. The van der Waals surface area contributed by atoms with Crippen molar-refractivity contribution in [3.8, 4) is 0 Å². The quantitative estimate of drug-likeness (QED) is 0.752. The maximum atomic E-state index is 12.0. The Hall–Kier alpha value is -0.780. The minimum atomic E-state index is -4.77. The minimum Gasteiger partial charge on any atom is -0.348 e. The third-order valence-corrected chi connectivity index (χ3v) is 3.85. The van der Waals surface area contributed by atoms with Crippen molar-refractivity contribution in [1.82, 2.24) is 10.6 Å². The highest BCUT2D eigenvalue weighted by molar-refractivity contribution is 5.81. The van der Waals surface area contributed by atoms with Crippen LogP contribution < -0.4 is 10.6 Å². The van der Waals surface area contributed by atoms with Crippen LogP contribution in [0.5, 0.6) is 0 Å². The maximum absolute atomic E-state index is 12.0. The molecule has 1 atom stereocenters. The molecule has 1 aliphatic carbocycles. The summed E-state index contributed by atoms with van der Waals surface area (Å²) in [5, 5.41) is 5.18. The van der Waals surface area contributed by atoms with Gasteiger partial charge >= 0.3 is 12.1 Å². The number of alkyl halides is 3. The van der Waals surface area contributed by atoms with Gasteiger partial charge in [0.2, 0.25) is 0 Å². The Morgan fingerprint density at radius 1 is 1.44 bits per heavy atom. The van der Waals surface area contributed by atoms with E-state index in [-0.39, 0.29) is 17.9 Å². The zero-order valence-corrected chi connectivity index (χ0v) is 8.86. The maximum Gasteiger partial charge on any atom is 0.471 e. The van der Waals surface area contributed by atoms with Crippen LogP contribution in [0, 0.1) is 11.3 Å². The molecule has 0 aromatic carbocycles. The Labute approximate surface area is 91.8 Å². The number of halogens is 3. The molecular weight excluding hydrogens is 221 g/mol. The molecule has 1 amide bonds. The third kappa shape index (κ3) is 2.03. The zero-order valence-electron chi connectivity index (χ0n) is 8.86. The fourth-order valence-electron chi connectivity index (χ4n) is 2.68. The van der Waals surface area contributed by atoms with E-state index in [0.29, 0.717) is 6.54 Å². The van der Waals surface area contributed by atoms with E-state index in [1.54, 1.807) is 0 Å². The van der Waals surface area contributed by atoms with Gasteiger partial charge in [-0.1, -0.05) is 6.42 Å². The topological polar surface area (TPSA) is 41.1 Å². The van der Waals surface area contributed by atoms with E-state index in [0.717, 1.165) is 25.8 Å². The lowest BCUT2D eigenvalue weighted by molar-refractivity contribution is -0.174. The molecule has 0 bridgehead atoms. The summed E-state index contributed by atoms with van der Waals surface area (Å²) < 4.78 is 36.0. The van der Waals surface area contributed by atoms with E-state index < -0.39 is 12.1 Å². The van der Waals surface area contributed by atoms with Gasteiger partial charge < -0.3 is 10.6 Å². The SMILES string of the molecule is O=C(NCC1CNCC12CCC2)C(F)(F)F. The molecule has 2 N–H and O–H groups in total. The zero-order chi connectivity index (χ0) is 11.8. The lowest BCUT2D eigenvalue weighted by Crippen LogP contribution is -2.45. The van der Waals surface area contributed by atoms with Gasteiger partial charge in [-0.15, -0.1) is 0 Å². The fourth-order valence-corrected chi connectivity index (χ4v) is 2.68. The van der Waals surface area contributed by atoms with Gasteiger partial charge in [-0.25, -0.2) is 0 Å². The molecule has 1 heterocycles. The van der Waals surface area contributed by atoms with Gasteiger partial charge in [-0.2, -0.15) is 13.2 Å². The summed E-state index contributed by atoms with van der Waals surface area (Å²) in [4.78, 5) is 10.7. The van der Waals surface area contributed by atoms with E-state index in [4.69, 9.17) is 0 Å². The molecule has 2 rings (SSSR count). The lowest BCUT2D eigenvalue weighted by atomic mass is 9.63. The van der Waals surface area contributed by atoms with Crippen molar-refractivity contribution < 1.29 is 18.0 Å². The molecule has 1 aliphatic heterocycles. The van der Waals surface area contributed by atoms with Crippen LogP contribution in [0.1, 0.15) is 19.3 Å². The van der Waals surface area contributed by atoms with Gasteiger partial charge in [0.15, 0.2) is 0 Å². The van der Waals surface area contributed by atoms with Crippen LogP contribution >= 0.6 is 0 Å². The van der Waals surface area contributed by atoms with E-state index in [9.17, 15) is 18.0 Å². The average Bonchev–Trinajstić information content (AvgIpc) is 2.55. The Balaban J connectivity index is 1.84. The van der Waals surface area contributed by atoms with Crippen LogP contribution in [0.4, 0.5) is 13.2 Å². The van der Waals surface area contributed by atoms with Crippen LogP contribution in [0.2, 0.25) is 0 Å². The van der Waals surface area contributed by atoms with Crippen molar-refractivity contribution in [1.29, 1.82) is 0 Å². The van der Waals surface area contributed by atoms with Gasteiger partial charge in [0.05, 0.1) is 0 Å². The number of rotatable bonds is 2. The molecule has 1 saturated heterocycles. The molecular formula is C10H15F3N2O. The average molecular weight is 236 g/mol. The fraction of sp³-hybridized carbons (Fsp3) is 0.900. The third-order valence-electron chi connectivity index (χ3n) is 3.85. The monoisotopic (exact) mass is 236 g/mol. The summed E-state index contributed by atoms with van der Waals surface area (Å²) in [6.07, 6.45) is -1.50. The number of hydrogen-bond donors (Lipinski definition) is 2. The van der Waals surface area contributed by atoms with Crippen molar-refractivity contribution >= 4 is 5.91 Å². The van der Waals surface area contributed by atoms with Crippen LogP contribution in [-0.4, -0.2) is 31.7 Å². The molecule has 1 unspecified atom stereocenters. The summed E-state index contributed by atoms with van der Waals surface area (Å²) >= 11 is 0. The molecule has 16 heavy (non-hydrogen) atoms. The summed E-state index contributed by atoms with van der Waals surface area (Å²) in [7, 11) is 0. The predicted molar refractivity (Wildman–Crippen MR) is 51.7 cm³/mol. The lowest BCUT2D eigenvalue weighted by Gasteiger charge is -2.42. The van der Waals surface area contributed by atoms with Gasteiger partial charge in [0, 0.05) is 19.6 Å². The van der Waals surface area contributed by atoms with Crippen LogP contribution in [-0.2, 0) is 4.79 Å². The Morgan fingerprint density at radius 2 is 2.12 bits per heavy atom. The first-order valence-electron chi connectivity index (χ1n) is 5.50. The van der Waals surface area contributed by atoms with Crippen LogP contribution in [0.15, 0.2) is 0 Å². The van der Waals surface area contributed by atoms with Gasteiger partial charge in [-0.05, 0) is 24.2 Å². The van der Waals surface area contributed by atoms with Crippen molar-refractivity contribution in [3.05, 3.63) is 0 Å². The molecule has 92 valence electrons. The molecule has 6 heteroatoms. The number of carbonyl (C=O) groups excluding carboxylic acids is 1. The van der Waals surface area contributed by atoms with E-state index >= 15 is 0 Å². The Morgan fingerprint density at radius 3 is 2.62 bits per heavy atom. The molecule has 0 aromatic heterocycles. The van der Waals surface area contributed by atoms with Crippen LogP contribution in [0.25, 0.3) is 0 Å². The summed E-state index contributed by atoms with van der Waals surface area (Å²) in [6, 6.07) is 0. The van der Waals surface area contributed by atoms with Gasteiger partial charge in [-0.3, -0.25) is 4.79 Å². The molecule has 0 aromatic rings. The first kappa shape index (κ1) is 11.7. The Bertz CT molecular complexity index is 286. The number of carbonyl (C=O) groups is 1. The second-order valence-electron chi connectivity index (χ2n) is 4.75. The number of amides is 1. The van der Waals surface area contributed by atoms with Gasteiger partial charge in [0.1, 0.15) is 0 Å². The molecule has 0 radical (unpaired) electrons. The van der Waals surface area contributed by atoms with Crippen molar-refractivity contribution in [2.75, 3.05) is 19.6 Å². The normalized spacial score (nSPS) is 27.8. The van der Waals surface area contributed by atoms with Crippen LogP contribution in [0.3, 0.4) is 0 Å². The second kappa shape index (κ2) is 3.91. The van der Waals surface area contributed by atoms with Gasteiger partial charge in [0.25, 0.3) is 0 Å². The number of hydrogen-bond acceptors (Lipinski definition) is 2. The van der Waals surface area contributed by atoms with Crippen molar-refractivity contribution in [2.45, 2.75) is 25.4 Å². The summed E-state index contributed by atoms with van der Waals surface area (Å²) in [5.41, 5.74) is 0.152.